The molecule has 0 spiro atoms. The molecule has 2 rings (SSSR count). The molecule has 2 nitrogen and oxygen atoms in total. The maximum absolute atomic E-state index is 2.62. The predicted molar refractivity (Wildman–Crippen MR) is 77.9 cm³/mol. The van der Waals surface area contributed by atoms with Crippen molar-refractivity contribution in [3.05, 3.63) is 35.9 Å². The highest BCUT2D eigenvalue weighted by molar-refractivity contribution is 5.14. The molecule has 2 heteroatoms. The van der Waals surface area contributed by atoms with Crippen molar-refractivity contribution in [3.8, 4) is 0 Å². The van der Waals surface area contributed by atoms with Crippen LogP contribution in [0.5, 0.6) is 0 Å². The first kappa shape index (κ1) is 13.6. The first-order valence-corrected chi connectivity index (χ1v) is 7.15. The van der Waals surface area contributed by atoms with Crippen molar-refractivity contribution in [2.75, 3.05) is 26.7 Å². The molecule has 1 fully saturated rings. The number of nitrogens with zero attached hydrogens (tertiary/aromatic N) is 2. The van der Waals surface area contributed by atoms with Gasteiger partial charge in [-0.05, 0) is 45.8 Å². The highest BCUT2D eigenvalue weighted by Gasteiger charge is 2.25. The second kappa shape index (κ2) is 6.35. The van der Waals surface area contributed by atoms with E-state index in [-0.39, 0.29) is 0 Å². The minimum absolute atomic E-state index is 0.686. The second-order valence-corrected chi connectivity index (χ2v) is 5.71. The molecule has 2 atom stereocenters. The lowest BCUT2D eigenvalue weighted by atomic mass is 10.1. The van der Waals surface area contributed by atoms with Gasteiger partial charge in [-0.1, -0.05) is 30.3 Å². The number of benzene rings is 1. The topological polar surface area (TPSA) is 6.48 Å². The zero-order valence-electron chi connectivity index (χ0n) is 12.0. The van der Waals surface area contributed by atoms with Crippen molar-refractivity contribution in [3.63, 3.8) is 0 Å². The predicted octanol–water partition coefficient (Wildman–Crippen LogP) is 2.64. The lowest BCUT2D eigenvalue weighted by Gasteiger charge is -2.42. The molecule has 1 heterocycles. The third-order valence-corrected chi connectivity index (χ3v) is 4.22. The summed E-state index contributed by atoms with van der Waals surface area (Å²) in [5.41, 5.74) is 1.47. The van der Waals surface area contributed by atoms with Gasteiger partial charge in [-0.15, -0.1) is 0 Å². The van der Waals surface area contributed by atoms with Crippen molar-refractivity contribution in [2.45, 2.75) is 38.8 Å². The van der Waals surface area contributed by atoms with Gasteiger partial charge in [-0.25, -0.2) is 0 Å². The lowest BCUT2D eigenvalue weighted by Crippen LogP contribution is -2.54. The number of hydrogen-bond acceptors (Lipinski definition) is 2. The molecule has 100 valence electrons. The van der Waals surface area contributed by atoms with Gasteiger partial charge >= 0.3 is 0 Å². The molecule has 1 aromatic rings. The van der Waals surface area contributed by atoms with E-state index >= 15 is 0 Å². The van der Waals surface area contributed by atoms with Gasteiger partial charge in [0.25, 0.3) is 0 Å². The van der Waals surface area contributed by atoms with Crippen LogP contribution >= 0.6 is 0 Å². The molecule has 0 N–H and O–H groups in total. The van der Waals surface area contributed by atoms with Crippen LogP contribution in [-0.4, -0.2) is 48.6 Å². The molecule has 0 saturated carbocycles. The highest BCUT2D eigenvalue weighted by Crippen LogP contribution is 2.14. The van der Waals surface area contributed by atoms with Crippen LogP contribution in [0.15, 0.2) is 30.3 Å². The van der Waals surface area contributed by atoms with E-state index in [1.165, 1.54) is 38.0 Å². The van der Waals surface area contributed by atoms with Crippen LogP contribution in [0.1, 0.15) is 25.8 Å². The summed E-state index contributed by atoms with van der Waals surface area (Å²) >= 11 is 0. The van der Waals surface area contributed by atoms with Gasteiger partial charge in [0, 0.05) is 25.2 Å². The Kier molecular flexibility index (Phi) is 4.79. The standard InChI is InChI=1S/C16H26N2/c1-14-12-18(13-15(2)17(14)3)11-7-10-16-8-5-4-6-9-16/h4-6,8-9,14-15H,7,10-13H2,1-3H3/t14-,15+. The Labute approximate surface area is 112 Å². The fourth-order valence-corrected chi connectivity index (χ4v) is 2.85. The zero-order chi connectivity index (χ0) is 13.0. The summed E-state index contributed by atoms with van der Waals surface area (Å²) in [7, 11) is 2.25. The van der Waals surface area contributed by atoms with Gasteiger partial charge in [0.05, 0.1) is 0 Å². The van der Waals surface area contributed by atoms with Crippen molar-refractivity contribution >= 4 is 0 Å². The number of rotatable bonds is 4. The third-order valence-electron chi connectivity index (χ3n) is 4.22. The average Bonchev–Trinajstić information content (AvgIpc) is 2.37. The molecular formula is C16H26N2. The van der Waals surface area contributed by atoms with E-state index in [9.17, 15) is 0 Å². The number of aryl methyl sites for hydroxylation is 1. The summed E-state index contributed by atoms with van der Waals surface area (Å²) in [5.74, 6) is 0. The van der Waals surface area contributed by atoms with Gasteiger partial charge in [0.1, 0.15) is 0 Å². The van der Waals surface area contributed by atoms with E-state index < -0.39 is 0 Å². The molecule has 0 radical (unpaired) electrons. The fraction of sp³-hybridized carbons (Fsp3) is 0.625. The van der Waals surface area contributed by atoms with E-state index in [1.807, 2.05) is 0 Å². The van der Waals surface area contributed by atoms with Crippen molar-refractivity contribution in [1.29, 1.82) is 0 Å². The minimum atomic E-state index is 0.686. The van der Waals surface area contributed by atoms with Crippen molar-refractivity contribution in [2.24, 2.45) is 0 Å². The molecular weight excluding hydrogens is 220 g/mol. The van der Waals surface area contributed by atoms with Gasteiger partial charge in [-0.2, -0.15) is 0 Å². The van der Waals surface area contributed by atoms with Crippen molar-refractivity contribution < 1.29 is 0 Å². The maximum Gasteiger partial charge on any atom is 0.0195 e. The molecule has 0 bridgehead atoms. The Hall–Kier alpha value is -0.860. The maximum atomic E-state index is 2.62. The Morgan fingerprint density at radius 1 is 1.06 bits per heavy atom. The molecule has 0 aromatic heterocycles. The molecule has 1 saturated heterocycles. The first-order valence-electron chi connectivity index (χ1n) is 7.15. The van der Waals surface area contributed by atoms with Crippen LogP contribution in [0.2, 0.25) is 0 Å². The minimum Gasteiger partial charge on any atom is -0.300 e. The number of piperazine rings is 1. The van der Waals surface area contributed by atoms with E-state index in [0.717, 1.165) is 0 Å². The first-order chi connectivity index (χ1) is 8.66. The smallest absolute Gasteiger partial charge is 0.0195 e. The molecule has 1 aliphatic heterocycles. The normalized spacial score (nSPS) is 26.4. The Balaban J connectivity index is 1.74. The van der Waals surface area contributed by atoms with Crippen LogP contribution in [0.4, 0.5) is 0 Å². The Morgan fingerprint density at radius 2 is 1.67 bits per heavy atom. The van der Waals surface area contributed by atoms with Crippen LogP contribution < -0.4 is 0 Å². The van der Waals surface area contributed by atoms with Gasteiger partial charge < -0.3 is 4.90 Å². The molecule has 1 aromatic carbocycles. The Bertz CT molecular complexity index is 337. The van der Waals surface area contributed by atoms with E-state index in [4.69, 9.17) is 0 Å². The third kappa shape index (κ3) is 3.56. The second-order valence-electron chi connectivity index (χ2n) is 5.71. The highest BCUT2D eigenvalue weighted by atomic mass is 15.3. The van der Waals surface area contributed by atoms with Gasteiger partial charge in [-0.3, -0.25) is 4.90 Å². The molecule has 0 amide bonds. The van der Waals surface area contributed by atoms with Gasteiger partial charge in [0.2, 0.25) is 0 Å². The lowest BCUT2D eigenvalue weighted by molar-refractivity contribution is 0.0595. The monoisotopic (exact) mass is 246 g/mol. The fourth-order valence-electron chi connectivity index (χ4n) is 2.85. The van der Waals surface area contributed by atoms with Crippen molar-refractivity contribution in [1.82, 2.24) is 9.80 Å². The molecule has 1 aliphatic rings. The average molecular weight is 246 g/mol. The van der Waals surface area contributed by atoms with Crippen LogP contribution in [-0.2, 0) is 6.42 Å². The number of hydrogen-bond donors (Lipinski definition) is 0. The Morgan fingerprint density at radius 3 is 2.28 bits per heavy atom. The van der Waals surface area contributed by atoms with E-state index in [1.54, 1.807) is 0 Å². The van der Waals surface area contributed by atoms with Crippen LogP contribution in [0.25, 0.3) is 0 Å². The molecule has 0 aliphatic carbocycles. The molecule has 18 heavy (non-hydrogen) atoms. The van der Waals surface area contributed by atoms with Gasteiger partial charge in [0.15, 0.2) is 0 Å². The number of likely N-dealkylation sites (N-methyl/N-ethyl adjacent to an activating group) is 1. The zero-order valence-corrected chi connectivity index (χ0v) is 12.0. The quantitative estimate of drug-likeness (QED) is 0.806. The van der Waals surface area contributed by atoms with E-state index in [2.05, 4.69) is 61.0 Å². The summed E-state index contributed by atoms with van der Waals surface area (Å²) < 4.78 is 0. The summed E-state index contributed by atoms with van der Waals surface area (Å²) in [6.07, 6.45) is 2.48. The largest absolute Gasteiger partial charge is 0.300 e. The molecule has 0 unspecified atom stereocenters. The summed E-state index contributed by atoms with van der Waals surface area (Å²) in [6.45, 7) is 8.34. The van der Waals surface area contributed by atoms with E-state index in [0.29, 0.717) is 12.1 Å². The van der Waals surface area contributed by atoms with Crippen LogP contribution in [0.3, 0.4) is 0 Å². The summed E-state index contributed by atoms with van der Waals surface area (Å²) in [5, 5.41) is 0. The van der Waals surface area contributed by atoms with Crippen LogP contribution in [0, 0.1) is 0 Å². The summed E-state index contributed by atoms with van der Waals surface area (Å²) in [6, 6.07) is 12.2. The SMILES string of the molecule is C[C@@H]1CN(CCCc2ccccc2)C[C@H](C)N1C. The summed E-state index contributed by atoms with van der Waals surface area (Å²) in [4.78, 5) is 5.12.